The fourth-order valence-corrected chi connectivity index (χ4v) is 4.69. The molecule has 2 aromatic heterocycles. The summed E-state index contributed by atoms with van der Waals surface area (Å²) in [5, 5.41) is 3.87. The zero-order valence-corrected chi connectivity index (χ0v) is 16.0. The number of anilines is 2. The van der Waals surface area contributed by atoms with Gasteiger partial charge >= 0.3 is 0 Å². The number of carbonyl (C=O) groups excluding carboxylic acids is 1. The van der Waals surface area contributed by atoms with Gasteiger partial charge < -0.3 is 11.1 Å². The van der Waals surface area contributed by atoms with Gasteiger partial charge in [0.15, 0.2) is 0 Å². The quantitative estimate of drug-likeness (QED) is 0.690. The molecule has 1 aliphatic carbocycles. The molecule has 1 atom stereocenters. The number of aryl methyl sites for hydroxylation is 2. The van der Waals surface area contributed by atoms with Gasteiger partial charge in [0.2, 0.25) is 0 Å². The first-order chi connectivity index (χ1) is 12.5. The van der Waals surface area contributed by atoms with Gasteiger partial charge in [-0.1, -0.05) is 25.5 Å². The first-order valence-corrected chi connectivity index (χ1v) is 9.95. The molecular formula is C21H23N3OS. The summed E-state index contributed by atoms with van der Waals surface area (Å²) in [6.45, 7) is 4.25. The van der Waals surface area contributed by atoms with Crippen LogP contribution in [0, 0.1) is 12.8 Å². The second kappa shape index (κ2) is 6.72. The van der Waals surface area contributed by atoms with Crippen LogP contribution in [0.15, 0.2) is 30.3 Å². The lowest BCUT2D eigenvalue weighted by atomic mass is 9.85. The van der Waals surface area contributed by atoms with Crippen LogP contribution < -0.4 is 11.1 Å². The Morgan fingerprint density at radius 1 is 1.38 bits per heavy atom. The SMILES string of the molecule is CC[C@H]1CCc2nc3sc(C(=O)Nc4cccc(C)c4)c(N)c3cc2C1. The standard InChI is InChI=1S/C21H23N3OS/c1-3-13-7-8-17-14(10-13)11-16-18(22)19(26-21(16)24-17)20(25)23-15-6-4-5-12(2)9-15/h4-6,9,11,13H,3,7-8,10,22H2,1-2H3,(H,23,25)/t13-/m0/s1. The fourth-order valence-electron chi connectivity index (χ4n) is 3.69. The van der Waals surface area contributed by atoms with Crippen LogP contribution >= 0.6 is 11.3 Å². The van der Waals surface area contributed by atoms with E-state index in [1.54, 1.807) is 0 Å². The molecule has 0 saturated heterocycles. The van der Waals surface area contributed by atoms with Gasteiger partial charge in [-0.2, -0.15) is 0 Å². The number of hydrogen-bond donors (Lipinski definition) is 2. The zero-order valence-electron chi connectivity index (χ0n) is 15.1. The number of aromatic nitrogens is 1. The number of nitrogens with one attached hydrogen (secondary N) is 1. The lowest BCUT2D eigenvalue weighted by molar-refractivity contribution is 0.103. The van der Waals surface area contributed by atoms with Gasteiger partial charge in [-0.3, -0.25) is 4.79 Å². The normalized spacial score (nSPS) is 16.5. The summed E-state index contributed by atoms with van der Waals surface area (Å²) in [4.78, 5) is 19.0. The smallest absolute Gasteiger partial charge is 0.267 e. The van der Waals surface area contributed by atoms with Crippen molar-refractivity contribution in [1.82, 2.24) is 4.98 Å². The highest BCUT2D eigenvalue weighted by Gasteiger charge is 2.23. The van der Waals surface area contributed by atoms with Crippen LogP contribution in [-0.2, 0) is 12.8 Å². The number of amides is 1. The number of nitrogens with zero attached hydrogens (tertiary/aromatic N) is 1. The lowest BCUT2D eigenvalue weighted by Crippen LogP contribution is -2.14. The Morgan fingerprint density at radius 3 is 3.00 bits per heavy atom. The second-order valence-electron chi connectivity index (χ2n) is 7.13. The molecule has 26 heavy (non-hydrogen) atoms. The number of carbonyl (C=O) groups is 1. The first-order valence-electron chi connectivity index (χ1n) is 9.14. The predicted octanol–water partition coefficient (Wildman–Crippen LogP) is 4.95. The number of pyridine rings is 1. The maximum absolute atomic E-state index is 12.7. The molecular weight excluding hydrogens is 342 g/mol. The molecule has 0 spiro atoms. The Morgan fingerprint density at radius 2 is 2.23 bits per heavy atom. The van der Waals surface area contributed by atoms with Crippen molar-refractivity contribution in [2.45, 2.75) is 39.5 Å². The Bertz CT molecular complexity index is 992. The minimum Gasteiger partial charge on any atom is -0.397 e. The molecule has 3 N–H and O–H groups in total. The predicted molar refractivity (Wildman–Crippen MR) is 109 cm³/mol. The second-order valence-corrected chi connectivity index (χ2v) is 8.13. The molecule has 1 aromatic carbocycles. The van der Waals surface area contributed by atoms with Crippen LogP contribution in [0.3, 0.4) is 0 Å². The summed E-state index contributed by atoms with van der Waals surface area (Å²) in [5.74, 6) is 0.561. The lowest BCUT2D eigenvalue weighted by Gasteiger charge is -2.22. The Hall–Kier alpha value is -2.40. The number of nitrogens with two attached hydrogens (primary N) is 1. The third-order valence-electron chi connectivity index (χ3n) is 5.25. The van der Waals surface area contributed by atoms with Gasteiger partial charge in [-0.25, -0.2) is 4.98 Å². The number of rotatable bonds is 3. The number of thiophene rings is 1. The number of hydrogen-bond acceptors (Lipinski definition) is 4. The van der Waals surface area contributed by atoms with E-state index in [9.17, 15) is 4.79 Å². The zero-order chi connectivity index (χ0) is 18.3. The summed E-state index contributed by atoms with van der Waals surface area (Å²) in [7, 11) is 0. The van der Waals surface area contributed by atoms with E-state index in [1.807, 2.05) is 31.2 Å². The van der Waals surface area contributed by atoms with Crippen LogP contribution in [0.4, 0.5) is 11.4 Å². The van der Waals surface area contributed by atoms with Crippen molar-refractivity contribution in [3.8, 4) is 0 Å². The molecule has 4 nitrogen and oxygen atoms in total. The Labute approximate surface area is 157 Å². The largest absolute Gasteiger partial charge is 0.397 e. The van der Waals surface area contributed by atoms with Gasteiger partial charge in [0.25, 0.3) is 5.91 Å². The monoisotopic (exact) mass is 365 g/mol. The molecule has 4 rings (SSSR count). The van der Waals surface area contributed by atoms with Crippen LogP contribution in [-0.4, -0.2) is 10.9 Å². The minimum absolute atomic E-state index is 0.166. The first kappa shape index (κ1) is 17.0. The molecule has 1 amide bonds. The van der Waals surface area contributed by atoms with Crippen molar-refractivity contribution in [3.63, 3.8) is 0 Å². The summed E-state index contributed by atoms with van der Waals surface area (Å²) in [6, 6.07) is 9.93. The van der Waals surface area contributed by atoms with Crippen LogP contribution in [0.25, 0.3) is 10.2 Å². The molecule has 0 aliphatic heterocycles. The molecule has 134 valence electrons. The average Bonchev–Trinajstić information content (AvgIpc) is 2.95. The minimum atomic E-state index is -0.166. The van der Waals surface area contributed by atoms with Crippen LogP contribution in [0.2, 0.25) is 0 Å². The van der Waals surface area contributed by atoms with E-state index in [1.165, 1.54) is 35.4 Å². The highest BCUT2D eigenvalue weighted by Crippen LogP contribution is 2.37. The molecule has 0 saturated carbocycles. The molecule has 0 bridgehead atoms. The number of fused-ring (bicyclic) bond motifs is 2. The Kier molecular flexibility index (Phi) is 4.41. The topological polar surface area (TPSA) is 68.0 Å². The third-order valence-corrected chi connectivity index (χ3v) is 6.36. The summed E-state index contributed by atoms with van der Waals surface area (Å²) < 4.78 is 0. The van der Waals surface area contributed by atoms with Crippen molar-refractivity contribution >= 4 is 38.8 Å². The van der Waals surface area contributed by atoms with E-state index in [0.29, 0.717) is 10.6 Å². The molecule has 0 unspecified atom stereocenters. The van der Waals surface area contributed by atoms with Crippen molar-refractivity contribution in [1.29, 1.82) is 0 Å². The van der Waals surface area contributed by atoms with E-state index in [4.69, 9.17) is 10.7 Å². The molecule has 0 fully saturated rings. The highest BCUT2D eigenvalue weighted by molar-refractivity contribution is 7.21. The van der Waals surface area contributed by atoms with Crippen molar-refractivity contribution in [3.05, 3.63) is 52.0 Å². The number of nitrogen functional groups attached to an aromatic ring is 1. The van der Waals surface area contributed by atoms with Crippen LogP contribution in [0.5, 0.6) is 0 Å². The average molecular weight is 366 g/mol. The van der Waals surface area contributed by atoms with E-state index in [0.717, 1.165) is 40.2 Å². The van der Waals surface area contributed by atoms with Gasteiger partial charge in [0.05, 0.1) is 5.69 Å². The van der Waals surface area contributed by atoms with Gasteiger partial charge in [0.1, 0.15) is 9.71 Å². The summed E-state index contributed by atoms with van der Waals surface area (Å²) in [6.07, 6.45) is 4.48. The maximum Gasteiger partial charge on any atom is 0.267 e. The summed E-state index contributed by atoms with van der Waals surface area (Å²) in [5.41, 5.74) is 11.2. The molecule has 5 heteroatoms. The van der Waals surface area contributed by atoms with Gasteiger partial charge in [-0.15, -0.1) is 11.3 Å². The van der Waals surface area contributed by atoms with Crippen molar-refractivity contribution in [2.24, 2.45) is 5.92 Å². The molecule has 3 aromatic rings. The van der Waals surface area contributed by atoms with E-state index in [2.05, 4.69) is 18.3 Å². The van der Waals surface area contributed by atoms with Crippen molar-refractivity contribution in [2.75, 3.05) is 11.1 Å². The highest BCUT2D eigenvalue weighted by atomic mass is 32.1. The molecule has 1 aliphatic rings. The molecule has 0 radical (unpaired) electrons. The van der Waals surface area contributed by atoms with Crippen LogP contribution in [0.1, 0.15) is 46.3 Å². The fraction of sp³-hybridized carbons (Fsp3) is 0.333. The van der Waals surface area contributed by atoms with Gasteiger partial charge in [0, 0.05) is 16.8 Å². The van der Waals surface area contributed by atoms with E-state index in [-0.39, 0.29) is 5.91 Å². The van der Waals surface area contributed by atoms with E-state index < -0.39 is 0 Å². The van der Waals surface area contributed by atoms with E-state index >= 15 is 0 Å². The van der Waals surface area contributed by atoms with Gasteiger partial charge in [-0.05, 0) is 61.4 Å². The molecule has 2 heterocycles. The van der Waals surface area contributed by atoms with Crippen molar-refractivity contribution < 1.29 is 4.79 Å². The third kappa shape index (κ3) is 3.07. The Balaban J connectivity index is 1.68. The number of benzene rings is 1. The summed E-state index contributed by atoms with van der Waals surface area (Å²) >= 11 is 1.39. The maximum atomic E-state index is 12.7.